The van der Waals surface area contributed by atoms with Crippen LogP contribution in [-0.4, -0.2) is 25.2 Å². The van der Waals surface area contributed by atoms with Crippen LogP contribution in [-0.2, 0) is 22.6 Å². The summed E-state index contributed by atoms with van der Waals surface area (Å²) in [5, 5.41) is 3.50. The predicted octanol–water partition coefficient (Wildman–Crippen LogP) is 4.65. The second-order valence-electron chi connectivity index (χ2n) is 6.42. The van der Waals surface area contributed by atoms with Crippen LogP contribution in [0, 0.1) is 13.8 Å². The Balaban J connectivity index is 2.54. The molecule has 5 nitrogen and oxygen atoms in total. The van der Waals surface area contributed by atoms with Gasteiger partial charge in [-0.2, -0.15) is 18.3 Å². The van der Waals surface area contributed by atoms with Crippen LogP contribution in [0.25, 0.3) is 16.9 Å². The Labute approximate surface area is 182 Å². The van der Waals surface area contributed by atoms with Gasteiger partial charge in [0.25, 0.3) is 0 Å². The van der Waals surface area contributed by atoms with E-state index in [2.05, 4.69) is 5.10 Å². The first kappa shape index (κ1) is 15.2. The van der Waals surface area contributed by atoms with Crippen LogP contribution in [0.15, 0.2) is 47.2 Å². The van der Waals surface area contributed by atoms with E-state index in [1.165, 1.54) is 13.8 Å². The van der Waals surface area contributed by atoms with E-state index in [1.54, 1.807) is 6.92 Å². The largest absolute Gasteiger partial charge is 0.435 e. The molecule has 9 heteroatoms. The highest BCUT2D eigenvalue weighted by molar-refractivity contribution is 7.89. The van der Waals surface area contributed by atoms with Gasteiger partial charge in [-0.05, 0) is 74.2 Å². The summed E-state index contributed by atoms with van der Waals surface area (Å²) in [5.41, 5.74) is -2.57. The Hall–Kier alpha value is -2.65. The third kappa shape index (κ3) is 4.13. The lowest BCUT2D eigenvalue weighted by molar-refractivity contribution is -0.141. The molecule has 0 saturated heterocycles. The van der Waals surface area contributed by atoms with E-state index in [9.17, 15) is 21.6 Å². The Morgan fingerprint density at radius 3 is 2.43 bits per heavy atom. The van der Waals surface area contributed by atoms with Gasteiger partial charge in [0.2, 0.25) is 10.0 Å². The summed E-state index contributed by atoms with van der Waals surface area (Å²) in [7, 11) is -3.22. The molecule has 0 aliphatic rings. The molecule has 1 heterocycles. The van der Waals surface area contributed by atoms with Gasteiger partial charge in [-0.15, -0.1) is 0 Å². The number of nitrogens with zero attached hydrogens (tertiary/aromatic N) is 2. The maximum atomic E-state index is 13.7. The van der Waals surface area contributed by atoms with Crippen LogP contribution in [0.2, 0.25) is 0 Å². The topological polar surface area (TPSA) is 64.0 Å². The van der Waals surface area contributed by atoms with Crippen molar-refractivity contribution in [3.8, 4) is 16.9 Å². The highest BCUT2D eigenvalue weighted by atomic mass is 32.2. The normalized spacial score (nSPS) is 15.2. The summed E-state index contributed by atoms with van der Waals surface area (Å²) in [6.07, 6.45) is -4.67. The lowest BCUT2D eigenvalue weighted by atomic mass is 10.0. The fourth-order valence-electron chi connectivity index (χ4n) is 2.83. The van der Waals surface area contributed by atoms with Gasteiger partial charge in [-0.25, -0.2) is 17.8 Å². The third-order valence-corrected chi connectivity index (χ3v) is 5.89. The molecule has 0 aliphatic heterocycles. The molecule has 0 bridgehead atoms. The number of halogens is 3. The molecule has 0 fully saturated rings. The van der Waals surface area contributed by atoms with Crippen LogP contribution in [0.5, 0.6) is 0 Å². The maximum absolute atomic E-state index is 13.7. The Morgan fingerprint density at radius 1 is 1.13 bits per heavy atom. The van der Waals surface area contributed by atoms with E-state index in [0.29, 0.717) is 22.7 Å². The maximum Gasteiger partial charge on any atom is 0.435 e. The number of nitrogens with one attached hydrogen (secondary N) is 1. The monoisotopic (exact) mass is 443 g/mol. The smallest absolute Gasteiger partial charge is 0.232 e. The fourth-order valence-corrected chi connectivity index (χ4v) is 3.67. The van der Waals surface area contributed by atoms with Gasteiger partial charge >= 0.3 is 6.18 Å². The molecule has 1 N–H and O–H groups in total. The van der Waals surface area contributed by atoms with E-state index in [-0.39, 0.29) is 28.8 Å². The lowest BCUT2D eigenvalue weighted by Gasteiger charge is -2.12. The van der Waals surface area contributed by atoms with Gasteiger partial charge in [0.15, 0.2) is 5.69 Å². The number of sulfonamides is 1. The van der Waals surface area contributed by atoms with Crippen molar-refractivity contribution in [2.75, 3.05) is 7.05 Å². The highest BCUT2D eigenvalue weighted by Gasteiger charge is 2.35. The van der Waals surface area contributed by atoms with Crippen LogP contribution in [0.1, 0.15) is 37.5 Å². The zero-order chi connectivity index (χ0) is 27.5. The van der Waals surface area contributed by atoms with E-state index in [1.807, 2.05) is 4.72 Å². The van der Waals surface area contributed by atoms with Crippen LogP contribution < -0.4 is 4.72 Å². The average molecular weight is 444 g/mol. The summed E-state index contributed by atoms with van der Waals surface area (Å²) >= 11 is 0. The van der Waals surface area contributed by atoms with Gasteiger partial charge in [0.1, 0.15) is 0 Å². The third-order valence-electron chi connectivity index (χ3n) is 4.40. The standard InChI is InChI=1S/C21H22F3N3O2S/c1-5-15-6-7-16(10-13(15)2)18-12-20(21(22,23)24)26-27(18)17-8-9-19(14(3)11-17)30(28,29)25-4/h6-12,25H,5H2,1-4H3/i6D,7D,8D,9D,10D,11D. The molecular weight excluding hydrogens is 415 g/mol. The summed E-state index contributed by atoms with van der Waals surface area (Å²) in [6.45, 7) is 4.39. The molecule has 0 unspecified atom stereocenters. The van der Waals surface area contributed by atoms with Crippen molar-refractivity contribution < 1.29 is 29.8 Å². The van der Waals surface area contributed by atoms with E-state index >= 15 is 0 Å². The molecule has 1 aromatic heterocycles. The zero-order valence-corrected chi connectivity index (χ0v) is 17.4. The number of hydrogen-bond acceptors (Lipinski definition) is 3. The molecule has 0 spiro atoms. The van der Waals surface area contributed by atoms with Gasteiger partial charge in [-0.1, -0.05) is 19.0 Å². The summed E-state index contributed by atoms with van der Waals surface area (Å²) in [4.78, 5) is -0.674. The Morgan fingerprint density at radius 2 is 1.83 bits per heavy atom. The van der Waals surface area contributed by atoms with E-state index < -0.39 is 62.3 Å². The van der Waals surface area contributed by atoms with Crippen molar-refractivity contribution in [3.05, 3.63) is 64.7 Å². The molecule has 160 valence electrons. The number of rotatable bonds is 5. The molecule has 0 radical (unpaired) electrons. The predicted molar refractivity (Wildman–Crippen MR) is 109 cm³/mol. The van der Waals surface area contributed by atoms with Crippen molar-refractivity contribution in [1.29, 1.82) is 0 Å². The van der Waals surface area contributed by atoms with E-state index in [4.69, 9.17) is 8.22 Å². The number of hydrogen-bond donors (Lipinski definition) is 1. The Bertz CT molecular complexity index is 1450. The molecular formula is C21H22F3N3O2S. The Kier molecular flexibility index (Phi) is 3.99. The zero-order valence-electron chi connectivity index (χ0n) is 22.5. The van der Waals surface area contributed by atoms with Crippen molar-refractivity contribution in [2.45, 2.75) is 38.3 Å². The van der Waals surface area contributed by atoms with E-state index in [0.717, 1.165) is 7.05 Å². The van der Waals surface area contributed by atoms with Crippen LogP contribution in [0.4, 0.5) is 13.2 Å². The first-order valence-corrected chi connectivity index (χ1v) is 10.3. The van der Waals surface area contributed by atoms with Gasteiger partial charge in [-0.3, -0.25) is 0 Å². The first-order chi connectivity index (χ1) is 16.5. The second-order valence-corrected chi connectivity index (χ2v) is 8.24. The second kappa shape index (κ2) is 7.88. The summed E-state index contributed by atoms with van der Waals surface area (Å²) in [6, 6.07) is -3.01. The SMILES string of the molecule is [2H]c1c([2H])c(-c2cc(C(F)(F)F)nn2-c2c([2H])c([2H])c(S(=O)(=O)NC)c(C)c2[2H])c([2H])c(C)c1CC. The van der Waals surface area contributed by atoms with Gasteiger partial charge in [0.05, 0.1) is 24.5 Å². The fraction of sp³-hybridized carbons (Fsp3) is 0.286. The molecule has 0 aliphatic carbocycles. The molecule has 0 atom stereocenters. The molecule has 2 aromatic carbocycles. The van der Waals surface area contributed by atoms with Gasteiger partial charge in [0, 0.05) is 5.56 Å². The van der Waals surface area contributed by atoms with Crippen molar-refractivity contribution in [1.82, 2.24) is 14.5 Å². The summed E-state index contributed by atoms with van der Waals surface area (Å²) < 4.78 is 119. The molecule has 0 amide bonds. The molecule has 0 saturated carbocycles. The van der Waals surface area contributed by atoms with Crippen molar-refractivity contribution in [2.24, 2.45) is 0 Å². The number of alkyl halides is 3. The van der Waals surface area contributed by atoms with Gasteiger partial charge < -0.3 is 0 Å². The first-order valence-electron chi connectivity index (χ1n) is 11.8. The lowest BCUT2D eigenvalue weighted by Crippen LogP contribution is -2.19. The minimum atomic E-state index is -4.98. The molecule has 30 heavy (non-hydrogen) atoms. The van der Waals surface area contributed by atoms with Crippen molar-refractivity contribution in [3.63, 3.8) is 0 Å². The quantitative estimate of drug-likeness (QED) is 0.625. The van der Waals surface area contributed by atoms with Crippen LogP contribution >= 0.6 is 0 Å². The minimum absolute atomic E-state index is 0.278. The summed E-state index contributed by atoms with van der Waals surface area (Å²) in [5.74, 6) is 0. The molecule has 3 rings (SSSR count). The van der Waals surface area contributed by atoms with Crippen LogP contribution in [0.3, 0.4) is 0 Å². The number of benzene rings is 2. The minimum Gasteiger partial charge on any atom is -0.232 e. The highest BCUT2D eigenvalue weighted by Crippen LogP contribution is 2.34. The number of aromatic nitrogens is 2. The molecule has 3 aromatic rings. The average Bonchev–Trinajstić information content (AvgIpc) is 3.22. The van der Waals surface area contributed by atoms with Crippen molar-refractivity contribution >= 4 is 10.0 Å².